The van der Waals surface area contributed by atoms with Crippen LogP contribution in [0.5, 0.6) is 5.88 Å². The van der Waals surface area contributed by atoms with Gasteiger partial charge in [-0.2, -0.15) is 0 Å². The Hall–Kier alpha value is -1.23. The van der Waals surface area contributed by atoms with E-state index in [0.29, 0.717) is 19.5 Å². The zero-order valence-electron chi connectivity index (χ0n) is 23.5. The highest BCUT2D eigenvalue weighted by Gasteiger charge is 2.19. The van der Waals surface area contributed by atoms with E-state index in [1.165, 1.54) is 92.4 Å². The number of methoxy groups -OCH3 is 1. The molecule has 2 N–H and O–H groups in total. The Morgan fingerprint density at radius 3 is 2.08 bits per heavy atom. The quantitative estimate of drug-likeness (QED) is 0.0783. The number of aryl methyl sites for hydroxylation is 1. The van der Waals surface area contributed by atoms with Crippen LogP contribution in [0.1, 0.15) is 110 Å². The third-order valence-electron chi connectivity index (χ3n) is 6.97. The largest absolute Gasteiger partial charge is 0.493 e. The highest BCUT2D eigenvalue weighted by atomic mass is 127. The second kappa shape index (κ2) is 21.7. The van der Waals surface area contributed by atoms with E-state index < -0.39 is 6.09 Å². The Labute approximate surface area is 238 Å². The van der Waals surface area contributed by atoms with Crippen LogP contribution in [0.4, 0.5) is 4.79 Å². The maximum Gasteiger partial charge on any atom is 0.407 e. The normalized spacial score (nSPS) is 13.0. The molecule has 0 saturated heterocycles. The van der Waals surface area contributed by atoms with Crippen molar-refractivity contribution in [1.29, 1.82) is 0 Å². The molecule has 8 nitrogen and oxygen atoms in total. The van der Waals surface area contributed by atoms with Gasteiger partial charge in [0.1, 0.15) is 0 Å². The summed E-state index contributed by atoms with van der Waals surface area (Å²) in [7, 11) is 1.66. The monoisotopic (exact) mass is 637 g/mol. The molecule has 9 heteroatoms. The number of imidazole rings is 1. The van der Waals surface area contributed by atoms with Crippen LogP contribution in [0.2, 0.25) is 0 Å². The van der Waals surface area contributed by atoms with Crippen molar-refractivity contribution in [2.24, 2.45) is 0 Å². The Kier molecular flexibility index (Phi) is 19.8. The Bertz CT molecular complexity index is 767. The summed E-state index contributed by atoms with van der Waals surface area (Å²) in [4.78, 5) is 24.6. The molecule has 37 heavy (non-hydrogen) atoms. The number of ether oxygens (including phenoxy) is 2. The third kappa shape index (κ3) is 15.1. The maximum atomic E-state index is 12.3. The van der Waals surface area contributed by atoms with Gasteiger partial charge in [0.15, 0.2) is 0 Å². The maximum absolute atomic E-state index is 12.3. The van der Waals surface area contributed by atoms with Crippen molar-refractivity contribution in [3.8, 4) is 5.88 Å². The number of halogens is 1. The van der Waals surface area contributed by atoms with Crippen LogP contribution in [-0.4, -0.2) is 50.6 Å². The fraction of sp³-hybridized carbons (Fsp3) is 0.857. The molecule has 1 rings (SSSR count). The van der Waals surface area contributed by atoms with Gasteiger partial charge in [-0.3, -0.25) is 9.13 Å². The van der Waals surface area contributed by atoms with Crippen LogP contribution in [0.3, 0.4) is 0 Å². The fourth-order valence-corrected chi connectivity index (χ4v) is 5.02. The number of nitrogens with one attached hydrogen (secondary N) is 1. The summed E-state index contributed by atoms with van der Waals surface area (Å²) in [5.41, 5.74) is -0.245. The van der Waals surface area contributed by atoms with Crippen molar-refractivity contribution in [1.82, 2.24) is 14.5 Å². The van der Waals surface area contributed by atoms with Crippen molar-refractivity contribution in [3.05, 3.63) is 16.7 Å². The first-order valence-corrected chi connectivity index (χ1v) is 16.0. The molecule has 0 aliphatic carbocycles. The van der Waals surface area contributed by atoms with E-state index in [1.807, 2.05) is 6.92 Å². The molecule has 1 aromatic heterocycles. The Morgan fingerprint density at radius 2 is 1.54 bits per heavy atom. The number of nitrogens with zero attached hydrogens (tertiary/aromatic N) is 2. The molecule has 1 aromatic rings. The second-order valence-corrected chi connectivity index (χ2v) is 11.1. The minimum Gasteiger partial charge on any atom is -0.493 e. The van der Waals surface area contributed by atoms with E-state index in [9.17, 15) is 14.7 Å². The van der Waals surface area contributed by atoms with Gasteiger partial charge in [0.25, 0.3) is 0 Å². The minimum atomic E-state index is -0.457. The summed E-state index contributed by atoms with van der Waals surface area (Å²) in [5, 5.41) is 12.8. The number of carbonyl (C=O) groups excluding carboxylic acids is 1. The molecule has 0 fully saturated rings. The first kappa shape index (κ1) is 33.8. The van der Waals surface area contributed by atoms with E-state index in [2.05, 4.69) is 34.8 Å². The average Bonchev–Trinajstić information content (AvgIpc) is 3.15. The van der Waals surface area contributed by atoms with Crippen LogP contribution in [0.25, 0.3) is 0 Å². The molecule has 1 heterocycles. The van der Waals surface area contributed by atoms with Crippen LogP contribution in [-0.2, 0) is 22.6 Å². The topological polar surface area (TPSA) is 94.7 Å². The summed E-state index contributed by atoms with van der Waals surface area (Å²) < 4.78 is 14.3. The lowest BCUT2D eigenvalue weighted by Gasteiger charge is -2.24. The molecule has 0 aromatic carbocycles. The molecule has 0 aliphatic rings. The lowest BCUT2D eigenvalue weighted by Crippen LogP contribution is -2.43. The molecular formula is C28H52IN3O5. The van der Waals surface area contributed by atoms with Gasteiger partial charge in [0.05, 0.1) is 24.9 Å². The molecule has 0 saturated carbocycles. The molecule has 0 aliphatic heterocycles. The number of unbranched alkanes of at least 4 members (excludes halogenated alkanes) is 12. The van der Waals surface area contributed by atoms with Crippen molar-refractivity contribution in [2.75, 3.05) is 18.1 Å². The first-order valence-electron chi connectivity index (χ1n) is 14.5. The van der Waals surface area contributed by atoms with Gasteiger partial charge in [0.2, 0.25) is 5.88 Å². The molecule has 2 atom stereocenters. The number of aromatic hydroxyl groups is 1. The van der Waals surface area contributed by atoms with Gasteiger partial charge in [-0.15, -0.1) is 0 Å². The van der Waals surface area contributed by atoms with Crippen molar-refractivity contribution >= 4 is 28.7 Å². The predicted molar refractivity (Wildman–Crippen MR) is 159 cm³/mol. The lowest BCUT2D eigenvalue weighted by atomic mass is 10.0. The molecule has 216 valence electrons. The highest BCUT2D eigenvalue weighted by molar-refractivity contribution is 14.1. The summed E-state index contributed by atoms with van der Waals surface area (Å²) in [6.45, 7) is 5.27. The Morgan fingerprint density at radius 1 is 0.973 bits per heavy atom. The van der Waals surface area contributed by atoms with E-state index in [1.54, 1.807) is 7.11 Å². The van der Waals surface area contributed by atoms with E-state index in [4.69, 9.17) is 9.47 Å². The molecule has 0 spiro atoms. The summed E-state index contributed by atoms with van der Waals surface area (Å²) in [6.07, 6.45) is 19.3. The number of amides is 1. The van der Waals surface area contributed by atoms with E-state index >= 15 is 0 Å². The lowest BCUT2D eigenvalue weighted by molar-refractivity contribution is 0.0715. The minimum absolute atomic E-state index is 0.0371. The number of carbonyl (C=O) groups is 1. The number of alkyl halides is 1. The van der Waals surface area contributed by atoms with Gasteiger partial charge in [-0.1, -0.05) is 113 Å². The summed E-state index contributed by atoms with van der Waals surface area (Å²) in [6, 6.07) is -0.0907. The third-order valence-corrected chi connectivity index (χ3v) is 7.45. The van der Waals surface area contributed by atoms with Crippen LogP contribution >= 0.6 is 22.6 Å². The first-order chi connectivity index (χ1) is 17.9. The Balaban J connectivity index is 2.18. The average molecular weight is 638 g/mol. The standard InChI is InChI=1S/C28H52IN3O5/c1-4-5-6-7-8-9-10-11-12-13-14-15-16-18-25(24(2)36-3)30-27(34)37-22-17-20-31-23-26(33)32(21-19-29)28(31)35/h23-25,33H,4-22H2,1-3H3,(H,30,34). The van der Waals surface area contributed by atoms with Crippen molar-refractivity contribution in [3.63, 3.8) is 0 Å². The second-order valence-electron chi connectivity index (χ2n) is 10.0. The van der Waals surface area contributed by atoms with Gasteiger partial charge in [-0.05, 0) is 19.8 Å². The van der Waals surface area contributed by atoms with E-state index in [-0.39, 0.29) is 30.3 Å². The summed E-state index contributed by atoms with van der Waals surface area (Å²) >= 11 is 2.16. The smallest absolute Gasteiger partial charge is 0.407 e. The highest BCUT2D eigenvalue weighted by Crippen LogP contribution is 2.15. The zero-order valence-corrected chi connectivity index (χ0v) is 25.7. The molecule has 0 radical (unpaired) electrons. The molecule has 0 bridgehead atoms. The number of hydrogen-bond acceptors (Lipinski definition) is 5. The SMILES string of the molecule is CCCCCCCCCCCCCCCC(NC(=O)OCCCn1cc(O)n(CCI)c1=O)C(C)OC. The molecule has 2 unspecified atom stereocenters. The van der Waals surface area contributed by atoms with Crippen molar-refractivity contribution in [2.45, 2.75) is 135 Å². The van der Waals surface area contributed by atoms with Gasteiger partial charge in [0, 0.05) is 24.6 Å². The van der Waals surface area contributed by atoms with Crippen LogP contribution in [0, 0.1) is 0 Å². The zero-order chi connectivity index (χ0) is 27.3. The van der Waals surface area contributed by atoms with Crippen molar-refractivity contribution < 1.29 is 19.4 Å². The number of alkyl carbamates (subject to hydrolysis) is 1. The van der Waals surface area contributed by atoms with Crippen LogP contribution in [0.15, 0.2) is 11.0 Å². The number of hydrogen-bond donors (Lipinski definition) is 2. The molecular weight excluding hydrogens is 585 g/mol. The number of rotatable bonds is 23. The van der Waals surface area contributed by atoms with Gasteiger partial charge in [-0.25, -0.2) is 9.59 Å². The van der Waals surface area contributed by atoms with E-state index in [0.717, 1.165) is 17.3 Å². The van der Waals surface area contributed by atoms with Crippen LogP contribution < -0.4 is 11.0 Å². The summed E-state index contributed by atoms with van der Waals surface area (Å²) in [5.74, 6) is -0.0371. The van der Waals surface area contributed by atoms with Gasteiger partial charge >= 0.3 is 11.8 Å². The van der Waals surface area contributed by atoms with Gasteiger partial charge < -0.3 is 19.9 Å². The fourth-order valence-electron chi connectivity index (χ4n) is 4.54. The number of aromatic nitrogens is 2. The molecule has 1 amide bonds. The predicted octanol–water partition coefficient (Wildman–Crippen LogP) is 6.79.